The zero-order valence-electron chi connectivity index (χ0n) is 12.3. The maximum atomic E-state index is 14.1. The first-order chi connectivity index (χ1) is 9.79. The van der Waals surface area contributed by atoms with Crippen molar-refractivity contribution in [3.05, 3.63) is 39.2 Å². The SMILES string of the molecule is Cc1cc([N+](=O)[O-])cc(C(=O)N(CCCO)C(C)C)c1F. The van der Waals surface area contributed by atoms with E-state index in [1.165, 1.54) is 11.8 Å². The number of aliphatic hydroxyl groups is 1. The van der Waals surface area contributed by atoms with E-state index in [2.05, 4.69) is 0 Å². The summed E-state index contributed by atoms with van der Waals surface area (Å²) in [5, 5.41) is 19.7. The van der Waals surface area contributed by atoms with E-state index in [9.17, 15) is 19.3 Å². The molecule has 0 fully saturated rings. The first-order valence-electron chi connectivity index (χ1n) is 6.66. The van der Waals surface area contributed by atoms with Gasteiger partial charge in [0.05, 0.1) is 10.5 Å². The topological polar surface area (TPSA) is 83.7 Å². The van der Waals surface area contributed by atoms with Gasteiger partial charge < -0.3 is 10.0 Å². The van der Waals surface area contributed by atoms with Crippen molar-refractivity contribution in [1.29, 1.82) is 0 Å². The molecule has 0 radical (unpaired) electrons. The number of benzene rings is 1. The Kier molecular flexibility index (Phi) is 5.78. The van der Waals surface area contributed by atoms with Gasteiger partial charge in [0.25, 0.3) is 11.6 Å². The van der Waals surface area contributed by atoms with Crippen molar-refractivity contribution in [3.8, 4) is 0 Å². The summed E-state index contributed by atoms with van der Waals surface area (Å²) in [6.07, 6.45) is 0.361. The monoisotopic (exact) mass is 298 g/mol. The molecule has 6 nitrogen and oxygen atoms in total. The summed E-state index contributed by atoms with van der Waals surface area (Å²) in [4.78, 5) is 24.0. The average molecular weight is 298 g/mol. The van der Waals surface area contributed by atoms with Gasteiger partial charge in [-0.3, -0.25) is 14.9 Å². The molecule has 1 amide bonds. The van der Waals surface area contributed by atoms with Crippen LogP contribution in [0, 0.1) is 22.9 Å². The Balaban J connectivity index is 3.23. The molecule has 0 aliphatic carbocycles. The molecule has 116 valence electrons. The van der Waals surface area contributed by atoms with E-state index in [1.54, 1.807) is 13.8 Å². The molecule has 1 aromatic carbocycles. The van der Waals surface area contributed by atoms with Crippen molar-refractivity contribution in [2.24, 2.45) is 0 Å². The van der Waals surface area contributed by atoms with Crippen LogP contribution >= 0.6 is 0 Å². The minimum Gasteiger partial charge on any atom is -0.396 e. The number of non-ortho nitro benzene ring substituents is 1. The lowest BCUT2D eigenvalue weighted by molar-refractivity contribution is -0.385. The second-order valence-electron chi connectivity index (χ2n) is 5.05. The Labute approximate surface area is 122 Å². The molecule has 0 spiro atoms. The second kappa shape index (κ2) is 7.12. The van der Waals surface area contributed by atoms with E-state index in [0.29, 0.717) is 6.42 Å². The molecule has 0 atom stereocenters. The Morgan fingerprint density at radius 2 is 2.10 bits per heavy atom. The number of aryl methyl sites for hydroxylation is 1. The molecule has 0 aromatic heterocycles. The minimum absolute atomic E-state index is 0.0541. The van der Waals surface area contributed by atoms with Crippen LogP contribution in [0.15, 0.2) is 12.1 Å². The Morgan fingerprint density at radius 3 is 2.57 bits per heavy atom. The number of nitro groups is 1. The zero-order chi connectivity index (χ0) is 16.2. The van der Waals surface area contributed by atoms with E-state index in [0.717, 1.165) is 12.1 Å². The van der Waals surface area contributed by atoms with Gasteiger partial charge >= 0.3 is 0 Å². The number of amides is 1. The van der Waals surface area contributed by atoms with Crippen molar-refractivity contribution >= 4 is 11.6 Å². The first kappa shape index (κ1) is 17.0. The highest BCUT2D eigenvalue weighted by Gasteiger charge is 2.25. The molecular formula is C14H19FN2O4. The molecule has 0 saturated heterocycles. The predicted molar refractivity (Wildman–Crippen MR) is 75.7 cm³/mol. The summed E-state index contributed by atoms with van der Waals surface area (Å²) in [6, 6.07) is 1.85. The lowest BCUT2D eigenvalue weighted by Gasteiger charge is -2.27. The Bertz CT molecular complexity index is 546. The number of aliphatic hydroxyl groups excluding tert-OH is 1. The van der Waals surface area contributed by atoms with Crippen LogP contribution in [0.1, 0.15) is 36.2 Å². The predicted octanol–water partition coefficient (Wildman–Crippen LogP) is 2.28. The van der Waals surface area contributed by atoms with Crippen molar-refractivity contribution in [2.45, 2.75) is 33.2 Å². The summed E-state index contributed by atoms with van der Waals surface area (Å²) in [5.41, 5.74) is -0.574. The van der Waals surface area contributed by atoms with Crippen molar-refractivity contribution in [3.63, 3.8) is 0 Å². The molecule has 0 aliphatic rings. The lowest BCUT2D eigenvalue weighted by atomic mass is 10.1. The van der Waals surface area contributed by atoms with Gasteiger partial charge in [-0.25, -0.2) is 4.39 Å². The number of nitrogens with zero attached hydrogens (tertiary/aromatic N) is 2. The molecule has 1 aromatic rings. The molecule has 1 N–H and O–H groups in total. The van der Waals surface area contributed by atoms with Crippen molar-refractivity contribution < 1.29 is 19.2 Å². The second-order valence-corrected chi connectivity index (χ2v) is 5.05. The fraction of sp³-hybridized carbons (Fsp3) is 0.500. The van der Waals surface area contributed by atoms with Gasteiger partial charge in [-0.1, -0.05) is 0 Å². The summed E-state index contributed by atoms with van der Waals surface area (Å²) in [7, 11) is 0. The number of carbonyl (C=O) groups excluding carboxylic acids is 1. The third-order valence-corrected chi connectivity index (χ3v) is 3.12. The van der Waals surface area contributed by atoms with Gasteiger partial charge in [-0.15, -0.1) is 0 Å². The summed E-state index contributed by atoms with van der Waals surface area (Å²) in [5.74, 6) is -1.36. The molecule has 0 unspecified atom stereocenters. The molecule has 0 aliphatic heterocycles. The van der Waals surface area contributed by atoms with Crippen molar-refractivity contribution in [2.75, 3.05) is 13.2 Å². The lowest BCUT2D eigenvalue weighted by Crippen LogP contribution is -2.38. The van der Waals surface area contributed by atoms with Crippen LogP contribution in [0.5, 0.6) is 0 Å². The Morgan fingerprint density at radius 1 is 1.48 bits per heavy atom. The normalized spacial score (nSPS) is 10.8. The van der Waals surface area contributed by atoms with Gasteiger partial charge in [0.1, 0.15) is 5.82 Å². The van der Waals surface area contributed by atoms with Gasteiger partial charge in [0.2, 0.25) is 0 Å². The van der Waals surface area contributed by atoms with Crippen LogP contribution < -0.4 is 0 Å². The van der Waals surface area contributed by atoms with E-state index < -0.39 is 16.6 Å². The maximum Gasteiger partial charge on any atom is 0.270 e. The third-order valence-electron chi connectivity index (χ3n) is 3.12. The highest BCUT2D eigenvalue weighted by molar-refractivity contribution is 5.95. The highest BCUT2D eigenvalue weighted by Crippen LogP contribution is 2.23. The number of halogens is 1. The number of carbonyl (C=O) groups is 1. The van der Waals surface area contributed by atoms with Gasteiger partial charge in [-0.05, 0) is 32.8 Å². The van der Waals surface area contributed by atoms with Gasteiger partial charge in [0, 0.05) is 31.3 Å². The standard InChI is InChI=1S/C14H19FN2O4/c1-9(2)16(5-4-6-18)14(19)12-8-11(17(20)21)7-10(3)13(12)15/h7-9,18H,4-6H2,1-3H3. The van der Waals surface area contributed by atoms with Crippen LogP contribution in [0.4, 0.5) is 10.1 Å². The van der Waals surface area contributed by atoms with Crippen LogP contribution in [0.2, 0.25) is 0 Å². The molecule has 1 rings (SSSR count). The number of hydrogen-bond donors (Lipinski definition) is 1. The van der Waals surface area contributed by atoms with E-state index in [1.807, 2.05) is 0 Å². The van der Waals surface area contributed by atoms with E-state index >= 15 is 0 Å². The fourth-order valence-electron chi connectivity index (χ4n) is 2.00. The molecular weight excluding hydrogens is 279 g/mol. The van der Waals surface area contributed by atoms with Gasteiger partial charge in [-0.2, -0.15) is 0 Å². The van der Waals surface area contributed by atoms with Crippen molar-refractivity contribution in [1.82, 2.24) is 4.90 Å². The largest absolute Gasteiger partial charge is 0.396 e. The minimum atomic E-state index is -0.750. The fourth-order valence-corrected chi connectivity index (χ4v) is 2.00. The molecule has 0 heterocycles. The average Bonchev–Trinajstić information content (AvgIpc) is 2.41. The smallest absolute Gasteiger partial charge is 0.270 e. The molecule has 21 heavy (non-hydrogen) atoms. The molecule has 0 bridgehead atoms. The van der Waals surface area contributed by atoms with Crippen LogP contribution in [-0.4, -0.2) is 40.0 Å². The van der Waals surface area contributed by atoms with Crippen LogP contribution in [0.3, 0.4) is 0 Å². The quantitative estimate of drug-likeness (QED) is 0.645. The zero-order valence-corrected chi connectivity index (χ0v) is 12.3. The maximum absolute atomic E-state index is 14.1. The summed E-state index contributed by atoms with van der Waals surface area (Å²) in [6.45, 7) is 5.07. The molecule has 7 heteroatoms. The number of rotatable bonds is 6. The van der Waals surface area contributed by atoms with Crippen LogP contribution in [0.25, 0.3) is 0 Å². The Hall–Kier alpha value is -2.02. The van der Waals surface area contributed by atoms with E-state index in [4.69, 9.17) is 5.11 Å². The number of nitro benzene ring substituents is 1. The summed E-state index contributed by atoms with van der Waals surface area (Å²) < 4.78 is 14.1. The molecule has 0 saturated carbocycles. The highest BCUT2D eigenvalue weighted by atomic mass is 19.1. The number of hydrogen-bond acceptors (Lipinski definition) is 4. The van der Waals surface area contributed by atoms with Crippen LogP contribution in [-0.2, 0) is 0 Å². The van der Waals surface area contributed by atoms with E-state index in [-0.39, 0.29) is 36.0 Å². The summed E-state index contributed by atoms with van der Waals surface area (Å²) >= 11 is 0. The first-order valence-corrected chi connectivity index (χ1v) is 6.66. The van der Waals surface area contributed by atoms with Gasteiger partial charge in [0.15, 0.2) is 0 Å². The third kappa shape index (κ3) is 3.98.